The van der Waals surface area contributed by atoms with Gasteiger partial charge in [-0.3, -0.25) is 4.79 Å². The number of piperidine rings is 1. The van der Waals surface area contributed by atoms with Gasteiger partial charge < -0.3 is 15.0 Å². The molecule has 0 spiro atoms. The molecule has 1 N–H and O–H groups in total. The van der Waals surface area contributed by atoms with E-state index in [1.165, 1.54) is 18.3 Å². The van der Waals surface area contributed by atoms with Gasteiger partial charge in [0.2, 0.25) is 5.88 Å². The van der Waals surface area contributed by atoms with Crippen LogP contribution in [0.2, 0.25) is 0 Å². The maximum Gasteiger partial charge on any atom is 0.422 e. The fourth-order valence-electron chi connectivity index (χ4n) is 3.46. The van der Waals surface area contributed by atoms with Gasteiger partial charge in [-0.2, -0.15) is 13.2 Å². The number of alkyl halides is 3. The van der Waals surface area contributed by atoms with E-state index in [0.717, 1.165) is 25.7 Å². The lowest BCUT2D eigenvalue weighted by atomic mass is 9.98. The van der Waals surface area contributed by atoms with Crippen LogP contribution >= 0.6 is 12.4 Å². The Labute approximate surface area is 150 Å². The largest absolute Gasteiger partial charge is 0.468 e. The maximum atomic E-state index is 12.6. The van der Waals surface area contributed by atoms with E-state index in [9.17, 15) is 18.0 Å². The number of carbonyl (C=O) groups excluding carboxylic acids is 1. The molecule has 0 aromatic carbocycles. The third-order valence-corrected chi connectivity index (χ3v) is 4.68. The first kappa shape index (κ1) is 19.8. The minimum absolute atomic E-state index is 0. The second kappa shape index (κ2) is 7.78. The Balaban J connectivity index is 0.00000225. The Bertz CT molecular complexity index is 585. The third-order valence-electron chi connectivity index (χ3n) is 4.68. The first-order valence-corrected chi connectivity index (χ1v) is 8.00. The van der Waals surface area contributed by atoms with Crippen molar-refractivity contribution in [3.8, 4) is 5.88 Å². The van der Waals surface area contributed by atoms with Gasteiger partial charge >= 0.3 is 6.18 Å². The fraction of sp³-hybridized carbons (Fsp3) is 0.625. The number of fused-ring (bicyclic) bond motifs is 2. The minimum Gasteiger partial charge on any atom is -0.468 e. The summed E-state index contributed by atoms with van der Waals surface area (Å²) in [7, 11) is 1.77. The molecule has 2 fully saturated rings. The van der Waals surface area contributed by atoms with Crippen molar-refractivity contribution >= 4 is 18.3 Å². The van der Waals surface area contributed by atoms with Crippen LogP contribution in [0.15, 0.2) is 18.3 Å². The van der Waals surface area contributed by atoms with Crippen molar-refractivity contribution in [1.82, 2.24) is 15.2 Å². The van der Waals surface area contributed by atoms with E-state index in [0.29, 0.717) is 17.6 Å². The summed E-state index contributed by atoms with van der Waals surface area (Å²) in [5, 5.41) is 3.53. The van der Waals surface area contributed by atoms with Crippen LogP contribution in [-0.2, 0) is 0 Å². The zero-order valence-corrected chi connectivity index (χ0v) is 14.6. The summed E-state index contributed by atoms with van der Waals surface area (Å²) in [6.07, 6.45) is 1.01. The van der Waals surface area contributed by atoms with Crippen molar-refractivity contribution in [1.29, 1.82) is 0 Å². The van der Waals surface area contributed by atoms with Crippen molar-refractivity contribution in [3.05, 3.63) is 23.9 Å². The fourth-order valence-corrected chi connectivity index (χ4v) is 3.46. The number of rotatable bonds is 4. The molecule has 2 atom stereocenters. The zero-order chi connectivity index (χ0) is 17.3. The number of amides is 1. The number of aromatic nitrogens is 1. The number of ether oxygens (including phenoxy) is 1. The third kappa shape index (κ3) is 4.98. The first-order chi connectivity index (χ1) is 11.3. The number of hydrogen-bond acceptors (Lipinski definition) is 4. The molecule has 3 rings (SSSR count). The van der Waals surface area contributed by atoms with Gasteiger partial charge in [-0.1, -0.05) is 0 Å². The molecule has 3 heterocycles. The summed E-state index contributed by atoms with van der Waals surface area (Å²) in [5.41, 5.74) is 0.350. The summed E-state index contributed by atoms with van der Waals surface area (Å²) < 4.78 is 40.9. The summed E-state index contributed by atoms with van der Waals surface area (Å²) in [5.74, 6) is -0.317. The Kier molecular flexibility index (Phi) is 6.16. The summed E-state index contributed by atoms with van der Waals surface area (Å²) in [6.45, 7) is -1.40. The number of carbonyl (C=O) groups is 1. The molecular formula is C16H21ClF3N3O2. The van der Waals surface area contributed by atoms with Gasteiger partial charge in [0.15, 0.2) is 6.61 Å². The standard InChI is InChI=1S/C16H20F3N3O2.ClH/c1-22(13-6-11-3-4-12(7-13)21-11)15(23)10-2-5-14(20-8-10)24-9-16(17,18)19;/h2,5,8,11-13,21H,3-4,6-7,9H2,1H3;1H. The molecule has 1 aromatic rings. The molecule has 1 amide bonds. The average Bonchev–Trinajstić information content (AvgIpc) is 2.89. The molecule has 2 bridgehead atoms. The molecule has 0 saturated carbocycles. The molecule has 2 unspecified atom stereocenters. The summed E-state index contributed by atoms with van der Waals surface area (Å²) in [6, 6.07) is 3.87. The van der Waals surface area contributed by atoms with Gasteiger partial charge in [0.25, 0.3) is 5.91 Å². The molecule has 2 aliphatic rings. The van der Waals surface area contributed by atoms with E-state index in [1.54, 1.807) is 11.9 Å². The van der Waals surface area contributed by atoms with Crippen molar-refractivity contribution < 1.29 is 22.7 Å². The monoisotopic (exact) mass is 379 g/mol. The van der Waals surface area contributed by atoms with E-state index in [-0.39, 0.29) is 30.2 Å². The Hall–Kier alpha value is -1.54. The van der Waals surface area contributed by atoms with Crippen LogP contribution in [0.1, 0.15) is 36.0 Å². The lowest BCUT2D eigenvalue weighted by Crippen LogP contribution is -2.48. The summed E-state index contributed by atoms with van der Waals surface area (Å²) >= 11 is 0. The number of pyridine rings is 1. The Morgan fingerprint density at radius 3 is 2.48 bits per heavy atom. The average molecular weight is 380 g/mol. The smallest absolute Gasteiger partial charge is 0.422 e. The van der Waals surface area contributed by atoms with Crippen molar-refractivity contribution in [2.45, 2.75) is 50.0 Å². The molecule has 2 saturated heterocycles. The highest BCUT2D eigenvalue weighted by Crippen LogP contribution is 2.29. The Morgan fingerprint density at radius 2 is 1.96 bits per heavy atom. The van der Waals surface area contributed by atoms with Crippen LogP contribution < -0.4 is 10.1 Å². The number of nitrogens with zero attached hydrogens (tertiary/aromatic N) is 2. The van der Waals surface area contributed by atoms with Crippen LogP contribution in [0, 0.1) is 0 Å². The van der Waals surface area contributed by atoms with Crippen LogP contribution in [0.5, 0.6) is 5.88 Å². The molecule has 0 radical (unpaired) electrons. The van der Waals surface area contributed by atoms with Gasteiger partial charge in [0.1, 0.15) is 0 Å². The zero-order valence-electron chi connectivity index (χ0n) is 13.8. The lowest BCUT2D eigenvalue weighted by Gasteiger charge is -2.35. The van der Waals surface area contributed by atoms with Gasteiger partial charge in [0.05, 0.1) is 5.56 Å². The van der Waals surface area contributed by atoms with E-state index in [1.807, 2.05) is 0 Å². The predicted octanol–water partition coefficient (Wildman–Crippen LogP) is 2.80. The highest BCUT2D eigenvalue weighted by Gasteiger charge is 2.36. The molecule has 0 aliphatic carbocycles. The summed E-state index contributed by atoms with van der Waals surface area (Å²) in [4.78, 5) is 18.1. The highest BCUT2D eigenvalue weighted by molar-refractivity contribution is 5.94. The molecule has 140 valence electrons. The van der Waals surface area contributed by atoms with Crippen LogP contribution in [0.4, 0.5) is 13.2 Å². The second-order valence-electron chi connectivity index (χ2n) is 6.47. The van der Waals surface area contributed by atoms with Gasteiger partial charge in [-0.15, -0.1) is 12.4 Å². The van der Waals surface area contributed by atoms with Crippen LogP contribution in [0.25, 0.3) is 0 Å². The minimum atomic E-state index is -4.41. The molecule has 2 aliphatic heterocycles. The Morgan fingerprint density at radius 1 is 1.32 bits per heavy atom. The van der Waals surface area contributed by atoms with Gasteiger partial charge in [0, 0.05) is 37.4 Å². The quantitative estimate of drug-likeness (QED) is 0.874. The van der Waals surface area contributed by atoms with E-state index in [2.05, 4.69) is 15.0 Å². The van der Waals surface area contributed by atoms with Gasteiger partial charge in [-0.25, -0.2) is 4.98 Å². The second-order valence-corrected chi connectivity index (χ2v) is 6.47. The van der Waals surface area contributed by atoms with Crippen molar-refractivity contribution in [3.63, 3.8) is 0 Å². The van der Waals surface area contributed by atoms with Gasteiger partial charge in [-0.05, 0) is 31.7 Å². The van der Waals surface area contributed by atoms with Crippen molar-refractivity contribution in [2.24, 2.45) is 0 Å². The van der Waals surface area contributed by atoms with E-state index in [4.69, 9.17) is 0 Å². The molecule has 5 nitrogen and oxygen atoms in total. The molecular weight excluding hydrogens is 359 g/mol. The number of hydrogen-bond donors (Lipinski definition) is 1. The number of halogens is 4. The normalized spacial score (nSPS) is 25.2. The molecule has 1 aromatic heterocycles. The molecule has 25 heavy (non-hydrogen) atoms. The SMILES string of the molecule is CN(C(=O)c1ccc(OCC(F)(F)F)nc1)C1CC2CCC(C1)N2.Cl. The highest BCUT2D eigenvalue weighted by atomic mass is 35.5. The maximum absolute atomic E-state index is 12.6. The topological polar surface area (TPSA) is 54.5 Å². The first-order valence-electron chi connectivity index (χ1n) is 8.00. The van der Waals surface area contributed by atoms with Crippen LogP contribution in [0.3, 0.4) is 0 Å². The molecule has 9 heteroatoms. The number of nitrogens with one attached hydrogen (secondary N) is 1. The van der Waals surface area contributed by atoms with Crippen LogP contribution in [-0.4, -0.2) is 53.7 Å². The lowest BCUT2D eigenvalue weighted by molar-refractivity contribution is -0.154. The van der Waals surface area contributed by atoms with E-state index < -0.39 is 12.8 Å². The van der Waals surface area contributed by atoms with E-state index >= 15 is 0 Å². The predicted molar refractivity (Wildman–Crippen MR) is 88.1 cm³/mol. The van der Waals surface area contributed by atoms with Crippen molar-refractivity contribution in [2.75, 3.05) is 13.7 Å².